The third kappa shape index (κ3) is 5.03. The van der Waals surface area contributed by atoms with Crippen molar-refractivity contribution in [1.82, 2.24) is 9.62 Å². The summed E-state index contributed by atoms with van der Waals surface area (Å²) in [5, 5.41) is 0. The zero-order chi connectivity index (χ0) is 20.3. The van der Waals surface area contributed by atoms with Gasteiger partial charge in [-0.1, -0.05) is 54.4 Å². The zero-order valence-corrected chi connectivity index (χ0v) is 19.2. The Bertz CT molecular complexity index is 913. The van der Waals surface area contributed by atoms with Crippen LogP contribution in [0.25, 0.3) is 0 Å². The number of sulfonamides is 1. The topological polar surface area (TPSA) is 49.4 Å². The van der Waals surface area contributed by atoms with Crippen LogP contribution in [0.3, 0.4) is 0 Å². The summed E-state index contributed by atoms with van der Waals surface area (Å²) in [6.07, 6.45) is 2.39. The van der Waals surface area contributed by atoms with Crippen LogP contribution in [0.2, 0.25) is 0 Å². The molecule has 2 aromatic rings. The molecule has 1 aliphatic rings. The molecule has 0 saturated carbocycles. The number of rotatable bonds is 7. The quantitative estimate of drug-likeness (QED) is 0.624. The van der Waals surface area contributed by atoms with E-state index in [4.69, 9.17) is 0 Å². The number of hydrogen-bond donors (Lipinski definition) is 1. The van der Waals surface area contributed by atoms with Gasteiger partial charge in [0, 0.05) is 30.1 Å². The summed E-state index contributed by atoms with van der Waals surface area (Å²) in [6.45, 7) is 9.13. The van der Waals surface area contributed by atoms with Gasteiger partial charge in [0.25, 0.3) is 0 Å². The van der Waals surface area contributed by atoms with Crippen LogP contribution < -0.4 is 4.72 Å². The van der Waals surface area contributed by atoms with Gasteiger partial charge in [0.15, 0.2) is 0 Å². The van der Waals surface area contributed by atoms with Crippen LogP contribution in [0.4, 0.5) is 0 Å². The molecule has 152 valence electrons. The van der Waals surface area contributed by atoms with Crippen molar-refractivity contribution in [2.75, 3.05) is 6.54 Å². The third-order valence-electron chi connectivity index (χ3n) is 5.54. The van der Waals surface area contributed by atoms with E-state index in [9.17, 15) is 8.42 Å². The molecule has 0 spiro atoms. The average Bonchev–Trinajstić information content (AvgIpc) is 2.66. The van der Waals surface area contributed by atoms with Crippen LogP contribution in [0, 0.1) is 0 Å². The Hall–Kier alpha value is -1.21. The summed E-state index contributed by atoms with van der Waals surface area (Å²) in [5.74, 6) is 0.497. The Morgan fingerprint density at radius 1 is 1.21 bits per heavy atom. The molecule has 0 amide bonds. The number of fused-ring (bicyclic) bond motifs is 1. The van der Waals surface area contributed by atoms with Crippen molar-refractivity contribution >= 4 is 26.0 Å². The molecule has 4 nitrogen and oxygen atoms in total. The Labute approximate surface area is 177 Å². The molecule has 0 bridgehead atoms. The van der Waals surface area contributed by atoms with Crippen LogP contribution >= 0.6 is 15.9 Å². The highest BCUT2D eigenvalue weighted by Gasteiger charge is 2.25. The highest BCUT2D eigenvalue weighted by molar-refractivity contribution is 9.10. The molecule has 0 aromatic heterocycles. The zero-order valence-electron chi connectivity index (χ0n) is 16.8. The number of benzene rings is 2. The molecule has 2 unspecified atom stereocenters. The van der Waals surface area contributed by atoms with Crippen molar-refractivity contribution in [3.8, 4) is 0 Å². The first kappa shape index (κ1) is 21.5. The van der Waals surface area contributed by atoms with E-state index in [1.54, 1.807) is 24.3 Å². The van der Waals surface area contributed by atoms with E-state index in [1.165, 1.54) is 24.0 Å². The SMILES string of the molecule is CCCC(C)N1Cc2cc(CNS(=O)(=O)c3ccc(Br)cc3)ccc2C(C)C1. The van der Waals surface area contributed by atoms with Crippen LogP contribution in [-0.4, -0.2) is 25.9 Å². The van der Waals surface area contributed by atoms with Gasteiger partial charge in [0.1, 0.15) is 0 Å². The summed E-state index contributed by atoms with van der Waals surface area (Å²) in [6, 6.07) is 13.6. The smallest absolute Gasteiger partial charge is 0.240 e. The summed E-state index contributed by atoms with van der Waals surface area (Å²) >= 11 is 3.33. The average molecular weight is 465 g/mol. The summed E-state index contributed by atoms with van der Waals surface area (Å²) in [5.41, 5.74) is 3.71. The maximum absolute atomic E-state index is 12.5. The molecule has 0 radical (unpaired) electrons. The minimum Gasteiger partial charge on any atom is -0.296 e. The van der Waals surface area contributed by atoms with E-state index in [2.05, 4.69) is 58.5 Å². The largest absolute Gasteiger partial charge is 0.296 e. The third-order valence-corrected chi connectivity index (χ3v) is 7.49. The molecule has 0 fully saturated rings. The maximum Gasteiger partial charge on any atom is 0.240 e. The Morgan fingerprint density at radius 2 is 1.93 bits per heavy atom. The lowest BCUT2D eigenvalue weighted by molar-refractivity contribution is 0.167. The fraction of sp³-hybridized carbons (Fsp3) is 0.455. The monoisotopic (exact) mass is 464 g/mol. The number of nitrogens with zero attached hydrogens (tertiary/aromatic N) is 1. The van der Waals surface area contributed by atoms with Gasteiger partial charge in [0.05, 0.1) is 4.90 Å². The van der Waals surface area contributed by atoms with E-state index in [1.807, 2.05) is 6.07 Å². The maximum atomic E-state index is 12.5. The fourth-order valence-electron chi connectivity index (χ4n) is 3.93. The second-order valence-electron chi connectivity index (χ2n) is 7.78. The second-order valence-corrected chi connectivity index (χ2v) is 10.5. The first-order valence-electron chi connectivity index (χ1n) is 9.91. The fourth-order valence-corrected chi connectivity index (χ4v) is 5.21. The van der Waals surface area contributed by atoms with Gasteiger partial charge in [-0.3, -0.25) is 4.90 Å². The molecular formula is C22H29BrN2O2S. The number of hydrogen-bond acceptors (Lipinski definition) is 3. The van der Waals surface area contributed by atoms with E-state index in [0.717, 1.165) is 23.1 Å². The molecule has 0 saturated heterocycles. The summed E-state index contributed by atoms with van der Waals surface area (Å²) in [4.78, 5) is 2.83. The molecule has 0 aliphatic carbocycles. The highest BCUT2D eigenvalue weighted by atomic mass is 79.9. The second kappa shape index (κ2) is 9.08. The van der Waals surface area contributed by atoms with Gasteiger partial charge < -0.3 is 0 Å². The summed E-state index contributed by atoms with van der Waals surface area (Å²) < 4.78 is 28.7. The number of halogens is 1. The van der Waals surface area contributed by atoms with E-state index in [0.29, 0.717) is 18.5 Å². The van der Waals surface area contributed by atoms with E-state index < -0.39 is 10.0 Å². The van der Waals surface area contributed by atoms with Crippen molar-refractivity contribution in [2.45, 2.75) is 63.6 Å². The molecule has 6 heteroatoms. The van der Waals surface area contributed by atoms with E-state index in [-0.39, 0.29) is 4.90 Å². The molecule has 1 heterocycles. The van der Waals surface area contributed by atoms with Gasteiger partial charge in [-0.15, -0.1) is 0 Å². The Balaban J connectivity index is 1.73. The standard InChI is InChI=1S/C22H29BrN2O2S/c1-4-5-17(3)25-14-16(2)22-11-6-18(12-19(22)15-25)13-24-28(26,27)21-9-7-20(23)8-10-21/h6-12,16-17,24H,4-5,13-15H2,1-3H3. The van der Waals surface area contributed by atoms with Crippen molar-refractivity contribution in [1.29, 1.82) is 0 Å². The lowest BCUT2D eigenvalue weighted by Gasteiger charge is -2.37. The summed E-state index contributed by atoms with van der Waals surface area (Å²) in [7, 11) is -3.52. The minimum atomic E-state index is -3.52. The molecular weight excluding hydrogens is 436 g/mol. The predicted molar refractivity (Wildman–Crippen MR) is 118 cm³/mol. The molecule has 1 aliphatic heterocycles. The Kier molecular flexibility index (Phi) is 6.97. The molecule has 2 aromatic carbocycles. The van der Waals surface area contributed by atoms with Crippen molar-refractivity contribution in [3.63, 3.8) is 0 Å². The molecule has 28 heavy (non-hydrogen) atoms. The van der Waals surface area contributed by atoms with Crippen LogP contribution in [-0.2, 0) is 23.1 Å². The minimum absolute atomic E-state index is 0.279. The van der Waals surface area contributed by atoms with Gasteiger partial charge in [0.2, 0.25) is 10.0 Å². The number of nitrogens with one attached hydrogen (secondary N) is 1. The molecule has 3 rings (SSSR count). The first-order chi connectivity index (χ1) is 13.3. The van der Waals surface area contributed by atoms with E-state index >= 15 is 0 Å². The lowest BCUT2D eigenvalue weighted by Crippen LogP contribution is -2.39. The molecule has 2 atom stereocenters. The molecule has 1 N–H and O–H groups in total. The van der Waals surface area contributed by atoms with Gasteiger partial charge in [-0.25, -0.2) is 13.1 Å². The normalized spacial score (nSPS) is 18.6. The van der Waals surface area contributed by atoms with Gasteiger partial charge in [-0.2, -0.15) is 0 Å². The highest BCUT2D eigenvalue weighted by Crippen LogP contribution is 2.30. The van der Waals surface area contributed by atoms with Crippen LogP contribution in [0.5, 0.6) is 0 Å². The lowest BCUT2D eigenvalue weighted by atomic mass is 9.89. The van der Waals surface area contributed by atoms with Gasteiger partial charge in [-0.05, 0) is 60.2 Å². The van der Waals surface area contributed by atoms with Crippen LogP contribution in [0.1, 0.15) is 56.2 Å². The predicted octanol–water partition coefficient (Wildman–Crippen LogP) is 5.04. The van der Waals surface area contributed by atoms with Gasteiger partial charge >= 0.3 is 0 Å². The Morgan fingerprint density at radius 3 is 2.61 bits per heavy atom. The van der Waals surface area contributed by atoms with Crippen LogP contribution in [0.15, 0.2) is 51.8 Å². The van der Waals surface area contributed by atoms with Crippen molar-refractivity contribution in [2.24, 2.45) is 0 Å². The van der Waals surface area contributed by atoms with Crippen molar-refractivity contribution in [3.05, 3.63) is 63.6 Å². The first-order valence-corrected chi connectivity index (χ1v) is 12.2. The van der Waals surface area contributed by atoms with Crippen molar-refractivity contribution < 1.29 is 8.42 Å².